The molecule has 3 rings (SSSR count). The third kappa shape index (κ3) is 2.09. The second kappa shape index (κ2) is 4.64. The van der Waals surface area contributed by atoms with Gasteiger partial charge in [0.1, 0.15) is 5.82 Å². The Kier molecular flexibility index (Phi) is 2.97. The van der Waals surface area contributed by atoms with Crippen LogP contribution >= 0.6 is 0 Å². The van der Waals surface area contributed by atoms with Crippen molar-refractivity contribution >= 4 is 5.82 Å². The van der Waals surface area contributed by atoms with Gasteiger partial charge in [-0.05, 0) is 32.6 Å². The lowest BCUT2D eigenvalue weighted by molar-refractivity contribution is 0.665. The smallest absolute Gasteiger partial charge is 0.165 e. The molecule has 0 unspecified atom stereocenters. The maximum absolute atomic E-state index is 4.76. The topological polar surface area (TPSA) is 55.6 Å². The Hall–Kier alpha value is -1.91. The quantitative estimate of drug-likeness (QED) is 0.895. The molecule has 2 heterocycles. The second-order valence-corrected chi connectivity index (χ2v) is 5.08. The molecule has 0 bridgehead atoms. The van der Waals surface area contributed by atoms with Gasteiger partial charge in [0, 0.05) is 31.5 Å². The van der Waals surface area contributed by atoms with Gasteiger partial charge in [-0.3, -0.25) is 4.68 Å². The van der Waals surface area contributed by atoms with E-state index in [1.165, 1.54) is 24.1 Å². The van der Waals surface area contributed by atoms with Crippen LogP contribution in [0.1, 0.15) is 29.8 Å². The molecule has 100 valence electrons. The number of anilines is 1. The summed E-state index contributed by atoms with van der Waals surface area (Å²) >= 11 is 0. The summed E-state index contributed by atoms with van der Waals surface area (Å²) in [6, 6.07) is 0. The van der Waals surface area contributed by atoms with Crippen LogP contribution in [0.25, 0.3) is 11.4 Å². The molecule has 5 heteroatoms. The van der Waals surface area contributed by atoms with Crippen LogP contribution in [0, 0.1) is 6.92 Å². The lowest BCUT2D eigenvalue weighted by atomic mass is 9.96. The first kappa shape index (κ1) is 12.1. The highest BCUT2D eigenvalue weighted by atomic mass is 15.3. The van der Waals surface area contributed by atoms with Crippen molar-refractivity contribution in [3.63, 3.8) is 0 Å². The first-order valence-electron chi connectivity index (χ1n) is 6.77. The van der Waals surface area contributed by atoms with Crippen LogP contribution < -0.4 is 5.32 Å². The lowest BCUT2D eigenvalue weighted by Crippen LogP contribution is -2.12. The van der Waals surface area contributed by atoms with Crippen molar-refractivity contribution < 1.29 is 0 Å². The minimum atomic E-state index is 0.788. The van der Waals surface area contributed by atoms with Crippen LogP contribution in [0.2, 0.25) is 0 Å². The van der Waals surface area contributed by atoms with Gasteiger partial charge in [-0.1, -0.05) is 0 Å². The molecular weight excluding hydrogens is 238 g/mol. The number of nitrogens with zero attached hydrogens (tertiary/aromatic N) is 4. The fraction of sp³-hybridized carbons (Fsp3) is 0.500. The van der Waals surface area contributed by atoms with Crippen molar-refractivity contribution in [3.05, 3.63) is 23.1 Å². The Morgan fingerprint density at radius 3 is 2.68 bits per heavy atom. The molecule has 0 amide bonds. The summed E-state index contributed by atoms with van der Waals surface area (Å²) in [6.07, 6.45) is 6.57. The predicted octanol–water partition coefficient (Wildman–Crippen LogP) is 2.11. The number of rotatable bonds is 2. The molecule has 0 spiro atoms. The van der Waals surface area contributed by atoms with E-state index >= 15 is 0 Å². The summed E-state index contributed by atoms with van der Waals surface area (Å²) in [6.45, 7) is 2.00. The molecule has 1 aliphatic rings. The summed E-state index contributed by atoms with van der Waals surface area (Å²) in [5.74, 6) is 1.76. The van der Waals surface area contributed by atoms with Gasteiger partial charge < -0.3 is 5.32 Å². The molecule has 5 nitrogen and oxygen atoms in total. The van der Waals surface area contributed by atoms with Gasteiger partial charge in [-0.25, -0.2) is 9.97 Å². The zero-order valence-electron chi connectivity index (χ0n) is 11.7. The highest BCUT2D eigenvalue weighted by molar-refractivity contribution is 5.61. The summed E-state index contributed by atoms with van der Waals surface area (Å²) in [5, 5.41) is 7.58. The maximum Gasteiger partial charge on any atom is 0.165 e. The molecule has 0 aliphatic heterocycles. The summed E-state index contributed by atoms with van der Waals surface area (Å²) in [5.41, 5.74) is 4.48. The van der Waals surface area contributed by atoms with E-state index in [0.717, 1.165) is 35.7 Å². The van der Waals surface area contributed by atoms with Crippen LogP contribution in [0.15, 0.2) is 6.20 Å². The Morgan fingerprint density at radius 2 is 2.00 bits per heavy atom. The number of aromatic nitrogens is 4. The molecule has 0 atom stereocenters. The summed E-state index contributed by atoms with van der Waals surface area (Å²) in [4.78, 5) is 9.44. The first-order chi connectivity index (χ1) is 9.19. The number of fused-ring (bicyclic) bond motifs is 1. The van der Waals surface area contributed by atoms with Gasteiger partial charge in [0.2, 0.25) is 0 Å². The van der Waals surface area contributed by atoms with Crippen LogP contribution in [0.4, 0.5) is 5.82 Å². The van der Waals surface area contributed by atoms with Crippen molar-refractivity contribution in [2.75, 3.05) is 12.4 Å². The average Bonchev–Trinajstić information content (AvgIpc) is 2.76. The van der Waals surface area contributed by atoms with Gasteiger partial charge in [-0.2, -0.15) is 5.10 Å². The van der Waals surface area contributed by atoms with Gasteiger partial charge >= 0.3 is 0 Å². The monoisotopic (exact) mass is 257 g/mol. The zero-order valence-corrected chi connectivity index (χ0v) is 11.7. The fourth-order valence-electron chi connectivity index (χ4n) is 2.74. The SMILES string of the molecule is CNc1nc(-c2cn(C)nc2C)nc2c1CCCC2. The van der Waals surface area contributed by atoms with Gasteiger partial charge in [0.05, 0.1) is 11.3 Å². The Bertz CT molecular complexity index is 597. The van der Waals surface area contributed by atoms with E-state index in [1.807, 2.05) is 31.9 Å². The molecule has 2 aromatic rings. The van der Waals surface area contributed by atoms with Crippen molar-refractivity contribution in [1.29, 1.82) is 0 Å². The lowest BCUT2D eigenvalue weighted by Gasteiger charge is -2.18. The average molecular weight is 257 g/mol. The van der Waals surface area contributed by atoms with E-state index in [2.05, 4.69) is 15.4 Å². The normalized spacial score (nSPS) is 14.3. The summed E-state index contributed by atoms with van der Waals surface area (Å²) in [7, 11) is 3.85. The molecule has 2 aromatic heterocycles. The third-order valence-corrected chi connectivity index (χ3v) is 3.67. The zero-order chi connectivity index (χ0) is 13.4. The maximum atomic E-state index is 4.76. The molecule has 0 saturated carbocycles. The van der Waals surface area contributed by atoms with E-state index < -0.39 is 0 Å². The van der Waals surface area contributed by atoms with E-state index in [1.54, 1.807) is 0 Å². The Balaban J connectivity index is 2.15. The van der Waals surface area contributed by atoms with Crippen LogP contribution in [0.3, 0.4) is 0 Å². The number of nitrogens with one attached hydrogen (secondary N) is 1. The standard InChI is InChI=1S/C14H19N5/c1-9-11(8-19(3)18-9)14-16-12-7-5-4-6-10(12)13(15-2)17-14/h8H,4-7H2,1-3H3,(H,15,16,17). The largest absolute Gasteiger partial charge is 0.373 e. The van der Waals surface area contributed by atoms with Crippen LogP contribution in [0.5, 0.6) is 0 Å². The van der Waals surface area contributed by atoms with Crippen LogP contribution in [-0.2, 0) is 19.9 Å². The van der Waals surface area contributed by atoms with Crippen molar-refractivity contribution in [1.82, 2.24) is 19.7 Å². The second-order valence-electron chi connectivity index (χ2n) is 5.08. The number of hydrogen-bond acceptors (Lipinski definition) is 4. The van der Waals surface area contributed by atoms with Crippen molar-refractivity contribution in [2.24, 2.45) is 7.05 Å². The Labute approximate surface area is 113 Å². The molecule has 1 N–H and O–H groups in total. The Morgan fingerprint density at radius 1 is 1.21 bits per heavy atom. The molecule has 0 radical (unpaired) electrons. The van der Waals surface area contributed by atoms with Gasteiger partial charge in [-0.15, -0.1) is 0 Å². The summed E-state index contributed by atoms with van der Waals surface area (Å²) < 4.78 is 1.81. The van der Waals surface area contributed by atoms with E-state index in [4.69, 9.17) is 4.98 Å². The fourth-order valence-corrected chi connectivity index (χ4v) is 2.74. The van der Waals surface area contributed by atoms with E-state index in [9.17, 15) is 0 Å². The first-order valence-corrected chi connectivity index (χ1v) is 6.77. The van der Waals surface area contributed by atoms with Gasteiger partial charge in [0.15, 0.2) is 5.82 Å². The minimum absolute atomic E-state index is 0.788. The van der Waals surface area contributed by atoms with Crippen LogP contribution in [-0.4, -0.2) is 26.8 Å². The molecule has 0 fully saturated rings. The highest BCUT2D eigenvalue weighted by Crippen LogP contribution is 2.28. The molecule has 19 heavy (non-hydrogen) atoms. The van der Waals surface area contributed by atoms with Crippen molar-refractivity contribution in [2.45, 2.75) is 32.6 Å². The molecule has 1 aliphatic carbocycles. The van der Waals surface area contributed by atoms with Gasteiger partial charge in [0.25, 0.3) is 0 Å². The minimum Gasteiger partial charge on any atom is -0.373 e. The van der Waals surface area contributed by atoms with Crippen molar-refractivity contribution in [3.8, 4) is 11.4 Å². The molecular formula is C14H19N5. The predicted molar refractivity (Wildman–Crippen MR) is 75.2 cm³/mol. The third-order valence-electron chi connectivity index (χ3n) is 3.67. The molecule has 0 aromatic carbocycles. The van der Waals surface area contributed by atoms with E-state index in [-0.39, 0.29) is 0 Å². The highest BCUT2D eigenvalue weighted by Gasteiger charge is 2.19. The number of aryl methyl sites for hydroxylation is 3. The number of hydrogen-bond donors (Lipinski definition) is 1. The molecule has 0 saturated heterocycles. The van der Waals surface area contributed by atoms with E-state index in [0.29, 0.717) is 0 Å².